The summed E-state index contributed by atoms with van der Waals surface area (Å²) in [6, 6.07) is 14.5. The van der Waals surface area contributed by atoms with E-state index in [0.717, 1.165) is 37.4 Å². The number of ether oxygens (including phenoxy) is 2. The number of hydrogen-bond acceptors (Lipinski definition) is 4. The van der Waals surface area contributed by atoms with E-state index in [4.69, 9.17) is 9.47 Å². The molecular formula is C22H28N3O4+. The third-order valence-electron chi connectivity index (χ3n) is 5.14. The molecular weight excluding hydrogens is 370 g/mol. The van der Waals surface area contributed by atoms with Crippen LogP contribution < -0.4 is 25.0 Å². The SMILES string of the molecule is COc1ccc(C(=O)NC2CC[NH+](CC(=O)Nc3cccc(OC)c3)CC2)cc1. The molecule has 1 aliphatic heterocycles. The molecule has 1 heterocycles. The summed E-state index contributed by atoms with van der Waals surface area (Å²) < 4.78 is 10.3. The monoisotopic (exact) mass is 398 g/mol. The van der Waals surface area contributed by atoms with Crippen molar-refractivity contribution in [3.8, 4) is 11.5 Å². The Bertz CT molecular complexity index is 830. The molecule has 1 saturated heterocycles. The Labute approximate surface area is 171 Å². The minimum atomic E-state index is -0.0723. The quantitative estimate of drug-likeness (QED) is 0.653. The molecule has 3 rings (SSSR count). The molecule has 1 fully saturated rings. The summed E-state index contributed by atoms with van der Waals surface area (Å²) in [5.74, 6) is 1.35. The first-order valence-corrected chi connectivity index (χ1v) is 9.80. The number of anilines is 1. The van der Waals surface area contributed by atoms with Gasteiger partial charge >= 0.3 is 0 Å². The van der Waals surface area contributed by atoms with Crippen molar-refractivity contribution in [1.29, 1.82) is 0 Å². The van der Waals surface area contributed by atoms with Gasteiger partial charge in [-0.3, -0.25) is 9.59 Å². The zero-order valence-electron chi connectivity index (χ0n) is 16.9. The lowest BCUT2D eigenvalue weighted by atomic mass is 10.0. The molecule has 3 N–H and O–H groups in total. The molecule has 2 aromatic carbocycles. The second kappa shape index (κ2) is 9.93. The molecule has 0 spiro atoms. The van der Waals surface area contributed by atoms with Crippen molar-refractivity contribution in [1.82, 2.24) is 5.32 Å². The first kappa shape index (κ1) is 20.7. The van der Waals surface area contributed by atoms with Crippen LogP contribution in [0.3, 0.4) is 0 Å². The normalized spacial score (nSPS) is 18.6. The highest BCUT2D eigenvalue weighted by Gasteiger charge is 2.25. The Balaban J connectivity index is 1.42. The van der Waals surface area contributed by atoms with E-state index in [2.05, 4.69) is 10.6 Å². The number of hydrogen-bond donors (Lipinski definition) is 3. The predicted octanol–water partition coefficient (Wildman–Crippen LogP) is 1.12. The van der Waals surface area contributed by atoms with Crippen molar-refractivity contribution in [2.24, 2.45) is 0 Å². The summed E-state index contributed by atoms with van der Waals surface area (Å²) in [4.78, 5) is 25.9. The van der Waals surface area contributed by atoms with Gasteiger partial charge in [-0.25, -0.2) is 0 Å². The summed E-state index contributed by atoms with van der Waals surface area (Å²) in [5, 5.41) is 6.01. The van der Waals surface area contributed by atoms with E-state index in [1.807, 2.05) is 18.2 Å². The average molecular weight is 398 g/mol. The van der Waals surface area contributed by atoms with E-state index in [-0.39, 0.29) is 17.9 Å². The number of piperidine rings is 1. The van der Waals surface area contributed by atoms with Gasteiger partial charge in [-0.15, -0.1) is 0 Å². The summed E-state index contributed by atoms with van der Waals surface area (Å²) in [5.41, 5.74) is 1.36. The number of carbonyl (C=O) groups is 2. The zero-order valence-corrected chi connectivity index (χ0v) is 16.9. The van der Waals surface area contributed by atoms with Gasteiger partial charge in [-0.1, -0.05) is 6.07 Å². The lowest BCUT2D eigenvalue weighted by Gasteiger charge is -2.29. The fourth-order valence-electron chi connectivity index (χ4n) is 3.49. The van der Waals surface area contributed by atoms with E-state index in [1.54, 1.807) is 44.6 Å². The highest BCUT2D eigenvalue weighted by Crippen LogP contribution is 2.16. The number of benzene rings is 2. The predicted molar refractivity (Wildman–Crippen MR) is 111 cm³/mol. The Kier molecular flexibility index (Phi) is 7.08. The molecule has 0 atom stereocenters. The molecule has 0 aromatic heterocycles. The van der Waals surface area contributed by atoms with Crippen molar-refractivity contribution < 1.29 is 24.0 Å². The number of carbonyl (C=O) groups excluding carboxylic acids is 2. The van der Waals surface area contributed by atoms with E-state index in [0.29, 0.717) is 17.9 Å². The van der Waals surface area contributed by atoms with Crippen LogP contribution in [0, 0.1) is 0 Å². The number of methoxy groups -OCH3 is 2. The molecule has 2 amide bonds. The van der Waals surface area contributed by atoms with Gasteiger partial charge in [0.2, 0.25) is 0 Å². The minimum Gasteiger partial charge on any atom is -0.497 e. The van der Waals surface area contributed by atoms with Crippen LogP contribution in [0.15, 0.2) is 48.5 Å². The van der Waals surface area contributed by atoms with Crippen LogP contribution in [0.1, 0.15) is 23.2 Å². The Morgan fingerprint density at radius 3 is 2.34 bits per heavy atom. The van der Waals surface area contributed by atoms with E-state index >= 15 is 0 Å². The molecule has 1 aliphatic rings. The standard InChI is InChI=1S/C22H27N3O4/c1-28-19-8-6-16(7-9-19)22(27)24-17-10-12-25(13-11-17)15-21(26)23-18-4-3-5-20(14-18)29-2/h3-9,14,17H,10-13,15H2,1-2H3,(H,23,26)(H,24,27)/p+1. The Hall–Kier alpha value is -3.06. The summed E-state index contributed by atoms with van der Waals surface area (Å²) in [7, 11) is 3.20. The van der Waals surface area contributed by atoms with E-state index < -0.39 is 0 Å². The van der Waals surface area contributed by atoms with Crippen LogP contribution in [0.2, 0.25) is 0 Å². The molecule has 29 heavy (non-hydrogen) atoms. The first-order valence-electron chi connectivity index (χ1n) is 9.80. The van der Waals surface area contributed by atoms with Gasteiger partial charge < -0.3 is 25.0 Å². The number of amides is 2. The van der Waals surface area contributed by atoms with Crippen molar-refractivity contribution >= 4 is 17.5 Å². The molecule has 0 bridgehead atoms. The first-order chi connectivity index (χ1) is 14.1. The third kappa shape index (κ3) is 5.96. The van der Waals surface area contributed by atoms with Gasteiger partial charge in [0.1, 0.15) is 11.5 Å². The Morgan fingerprint density at radius 1 is 1.00 bits per heavy atom. The molecule has 7 nitrogen and oxygen atoms in total. The summed E-state index contributed by atoms with van der Waals surface area (Å²) in [6.07, 6.45) is 1.70. The van der Waals surface area contributed by atoms with Gasteiger partial charge in [0.05, 0.1) is 27.3 Å². The molecule has 0 unspecified atom stereocenters. The van der Waals surface area contributed by atoms with Gasteiger partial charge in [-0.2, -0.15) is 0 Å². The maximum atomic E-state index is 12.4. The fraction of sp³-hybridized carbons (Fsp3) is 0.364. The number of quaternary nitrogens is 1. The van der Waals surface area contributed by atoms with Crippen LogP contribution in [-0.4, -0.2) is 51.7 Å². The molecule has 0 saturated carbocycles. The maximum Gasteiger partial charge on any atom is 0.279 e. The lowest BCUT2D eigenvalue weighted by Crippen LogP contribution is -3.14. The van der Waals surface area contributed by atoms with Crippen LogP contribution in [0.4, 0.5) is 5.69 Å². The highest BCUT2D eigenvalue weighted by molar-refractivity contribution is 5.94. The number of likely N-dealkylation sites (tertiary alicyclic amines) is 1. The van der Waals surface area contributed by atoms with Crippen LogP contribution >= 0.6 is 0 Å². The second-order valence-corrected chi connectivity index (χ2v) is 7.18. The third-order valence-corrected chi connectivity index (χ3v) is 5.14. The topological polar surface area (TPSA) is 81.1 Å². The maximum absolute atomic E-state index is 12.4. The van der Waals surface area contributed by atoms with Crippen LogP contribution in [-0.2, 0) is 4.79 Å². The van der Waals surface area contributed by atoms with Gasteiger partial charge in [-0.05, 0) is 36.4 Å². The summed E-state index contributed by atoms with van der Waals surface area (Å²) in [6.45, 7) is 2.11. The van der Waals surface area contributed by atoms with E-state index in [9.17, 15) is 9.59 Å². The van der Waals surface area contributed by atoms with Gasteiger partial charge in [0.25, 0.3) is 11.8 Å². The van der Waals surface area contributed by atoms with Crippen LogP contribution in [0.5, 0.6) is 11.5 Å². The minimum absolute atomic E-state index is 0.0195. The number of nitrogens with one attached hydrogen (secondary N) is 3. The molecule has 0 aliphatic carbocycles. The smallest absolute Gasteiger partial charge is 0.279 e. The van der Waals surface area contributed by atoms with Crippen molar-refractivity contribution in [3.63, 3.8) is 0 Å². The largest absolute Gasteiger partial charge is 0.497 e. The number of rotatable bonds is 7. The average Bonchev–Trinajstić information content (AvgIpc) is 2.75. The zero-order chi connectivity index (χ0) is 20.6. The van der Waals surface area contributed by atoms with Crippen molar-refractivity contribution in [2.45, 2.75) is 18.9 Å². The second-order valence-electron chi connectivity index (χ2n) is 7.18. The highest BCUT2D eigenvalue weighted by atomic mass is 16.5. The lowest BCUT2D eigenvalue weighted by molar-refractivity contribution is -0.897. The fourth-order valence-corrected chi connectivity index (χ4v) is 3.49. The van der Waals surface area contributed by atoms with Gasteiger partial charge in [0, 0.05) is 36.2 Å². The molecule has 154 valence electrons. The van der Waals surface area contributed by atoms with Crippen molar-refractivity contribution in [3.05, 3.63) is 54.1 Å². The van der Waals surface area contributed by atoms with Crippen LogP contribution in [0.25, 0.3) is 0 Å². The molecule has 7 heteroatoms. The van der Waals surface area contributed by atoms with E-state index in [1.165, 1.54) is 4.90 Å². The van der Waals surface area contributed by atoms with Gasteiger partial charge in [0.15, 0.2) is 6.54 Å². The summed E-state index contributed by atoms with van der Waals surface area (Å²) >= 11 is 0. The van der Waals surface area contributed by atoms with Crippen molar-refractivity contribution in [2.75, 3.05) is 39.2 Å². The molecule has 2 aromatic rings. The Morgan fingerprint density at radius 2 is 1.69 bits per heavy atom. The molecule has 0 radical (unpaired) electrons.